The second-order valence-electron chi connectivity index (χ2n) is 6.47. The van der Waals surface area contributed by atoms with Gasteiger partial charge < -0.3 is 10.1 Å². The van der Waals surface area contributed by atoms with Crippen molar-refractivity contribution in [3.05, 3.63) is 46.4 Å². The summed E-state index contributed by atoms with van der Waals surface area (Å²) in [4.78, 5) is 9.13. The maximum absolute atomic E-state index is 9.49. The summed E-state index contributed by atoms with van der Waals surface area (Å²) in [6, 6.07) is 7.89. The van der Waals surface area contributed by atoms with E-state index >= 15 is 0 Å². The van der Waals surface area contributed by atoms with Gasteiger partial charge in [-0.05, 0) is 43.5 Å². The van der Waals surface area contributed by atoms with E-state index in [1.54, 1.807) is 7.11 Å². The third-order valence-corrected chi connectivity index (χ3v) is 4.51. The fourth-order valence-electron chi connectivity index (χ4n) is 2.60. The largest absolute Gasteiger partial charge is 0.385 e. The minimum absolute atomic E-state index is 0.294. The van der Waals surface area contributed by atoms with E-state index in [9.17, 15) is 5.26 Å². The van der Waals surface area contributed by atoms with Gasteiger partial charge in [0, 0.05) is 31.5 Å². The summed E-state index contributed by atoms with van der Waals surface area (Å²) in [6.45, 7) is 13.7. The molecule has 0 unspecified atom stereocenters. The summed E-state index contributed by atoms with van der Waals surface area (Å²) in [5.41, 5.74) is 5.51. The zero-order valence-corrected chi connectivity index (χ0v) is 19.2. The van der Waals surface area contributed by atoms with E-state index in [0.717, 1.165) is 35.8 Å². The number of halogens is 1. The predicted octanol–water partition coefficient (Wildman–Crippen LogP) is 6.30. The third-order valence-electron chi connectivity index (χ3n) is 4.22. The summed E-state index contributed by atoms with van der Waals surface area (Å²) in [5.74, 6) is 0.294. The van der Waals surface area contributed by atoms with Crippen molar-refractivity contribution in [1.29, 1.82) is 5.26 Å². The molecule has 5 nitrogen and oxygen atoms in total. The molecule has 0 spiro atoms. The van der Waals surface area contributed by atoms with Crippen LogP contribution >= 0.6 is 11.6 Å². The Kier molecular flexibility index (Phi) is 10.4. The number of nitriles is 1. The van der Waals surface area contributed by atoms with Gasteiger partial charge in [0.15, 0.2) is 0 Å². The van der Waals surface area contributed by atoms with E-state index in [1.165, 1.54) is 0 Å². The van der Waals surface area contributed by atoms with Gasteiger partial charge in [0.2, 0.25) is 0 Å². The van der Waals surface area contributed by atoms with Crippen LogP contribution in [-0.4, -0.2) is 30.2 Å². The SMILES string of the molecule is CC.CC1=CCNc2cc(C#N)c(-c3ccc(C(C)C)nc3Cl)nc21.CCOC. The van der Waals surface area contributed by atoms with Gasteiger partial charge in [0.25, 0.3) is 0 Å². The topological polar surface area (TPSA) is 70.8 Å². The van der Waals surface area contributed by atoms with Gasteiger partial charge >= 0.3 is 0 Å². The molecule has 6 heteroatoms. The minimum atomic E-state index is 0.294. The lowest BCUT2D eigenvalue weighted by atomic mass is 10.0. The zero-order valence-electron chi connectivity index (χ0n) is 18.4. The van der Waals surface area contributed by atoms with E-state index in [2.05, 4.69) is 41.0 Å². The van der Waals surface area contributed by atoms with Gasteiger partial charge in [-0.15, -0.1) is 0 Å². The van der Waals surface area contributed by atoms with Crippen molar-refractivity contribution in [2.45, 2.75) is 47.5 Å². The molecule has 1 aliphatic rings. The monoisotopic (exact) mass is 414 g/mol. The molecule has 0 aromatic carbocycles. The molecule has 0 saturated heterocycles. The Morgan fingerprint density at radius 1 is 1.24 bits per heavy atom. The maximum atomic E-state index is 9.49. The number of fused-ring (bicyclic) bond motifs is 1. The van der Waals surface area contributed by atoms with Crippen LogP contribution in [0.2, 0.25) is 5.15 Å². The quantitative estimate of drug-likeness (QED) is 0.596. The van der Waals surface area contributed by atoms with Crippen LogP contribution in [0.25, 0.3) is 16.8 Å². The van der Waals surface area contributed by atoms with Gasteiger partial charge in [-0.25, -0.2) is 9.97 Å². The smallest absolute Gasteiger partial charge is 0.138 e. The molecule has 1 N–H and O–H groups in total. The zero-order chi connectivity index (χ0) is 22.0. The average Bonchev–Trinajstić information content (AvgIpc) is 2.74. The van der Waals surface area contributed by atoms with E-state index in [0.29, 0.717) is 27.9 Å². The summed E-state index contributed by atoms with van der Waals surface area (Å²) < 4.78 is 4.54. The molecule has 0 fully saturated rings. The first-order chi connectivity index (χ1) is 13.9. The van der Waals surface area contributed by atoms with Crippen molar-refractivity contribution in [1.82, 2.24) is 9.97 Å². The number of nitrogens with zero attached hydrogens (tertiary/aromatic N) is 3. The molecule has 0 bridgehead atoms. The summed E-state index contributed by atoms with van der Waals surface area (Å²) in [6.07, 6.45) is 2.08. The van der Waals surface area contributed by atoms with E-state index in [4.69, 9.17) is 16.6 Å². The van der Waals surface area contributed by atoms with E-state index in [1.807, 2.05) is 45.9 Å². The first-order valence-electron chi connectivity index (χ1n) is 9.94. The average molecular weight is 415 g/mol. The van der Waals surface area contributed by atoms with Gasteiger partial charge in [-0.3, -0.25) is 0 Å². The second-order valence-corrected chi connectivity index (χ2v) is 6.83. The molecule has 3 heterocycles. The van der Waals surface area contributed by atoms with Gasteiger partial charge in [-0.2, -0.15) is 5.26 Å². The van der Waals surface area contributed by atoms with Gasteiger partial charge in [0.1, 0.15) is 11.2 Å². The Morgan fingerprint density at radius 3 is 2.41 bits per heavy atom. The highest BCUT2D eigenvalue weighted by Gasteiger charge is 2.19. The lowest BCUT2D eigenvalue weighted by Gasteiger charge is -2.18. The maximum Gasteiger partial charge on any atom is 0.138 e. The van der Waals surface area contributed by atoms with Gasteiger partial charge in [0.05, 0.1) is 22.6 Å². The molecule has 2 aromatic rings. The van der Waals surface area contributed by atoms with E-state index in [-0.39, 0.29) is 0 Å². The predicted molar refractivity (Wildman–Crippen MR) is 122 cm³/mol. The number of anilines is 1. The summed E-state index contributed by atoms with van der Waals surface area (Å²) >= 11 is 6.37. The van der Waals surface area contributed by atoms with Crippen LogP contribution < -0.4 is 5.32 Å². The number of aromatic nitrogens is 2. The molecule has 0 aliphatic carbocycles. The second kappa shape index (κ2) is 12.2. The molecular formula is C23H31ClN4O. The lowest BCUT2D eigenvalue weighted by Crippen LogP contribution is -2.10. The molecule has 156 valence electrons. The highest BCUT2D eigenvalue weighted by Crippen LogP contribution is 2.34. The lowest BCUT2D eigenvalue weighted by molar-refractivity contribution is 0.215. The van der Waals surface area contributed by atoms with Crippen LogP contribution in [0.1, 0.15) is 64.4 Å². The number of allylic oxidation sites excluding steroid dienone is 1. The highest BCUT2D eigenvalue weighted by molar-refractivity contribution is 6.32. The van der Waals surface area contributed by atoms with E-state index < -0.39 is 0 Å². The normalized spacial score (nSPS) is 11.7. The molecule has 2 aromatic heterocycles. The fourth-order valence-corrected chi connectivity index (χ4v) is 2.85. The standard InChI is InChI=1S/C18H17ClN4.C3H8O.C2H6/c1-10(2)14-5-4-13(18(19)22-14)17-12(9-20)8-15-16(23-17)11(3)6-7-21-15;1-3-4-2;1-2/h4-6,8,10,21H,7H2,1-3H3;3H2,1-2H3;1-2H3. The number of hydrogen-bond acceptors (Lipinski definition) is 5. The number of hydrogen-bond donors (Lipinski definition) is 1. The molecule has 29 heavy (non-hydrogen) atoms. The number of pyridine rings is 2. The van der Waals surface area contributed by atoms with Crippen LogP contribution in [0.15, 0.2) is 24.3 Å². The van der Waals surface area contributed by atoms with Crippen LogP contribution in [0.4, 0.5) is 5.69 Å². The molecule has 3 rings (SSSR count). The number of ether oxygens (including phenoxy) is 1. The van der Waals surface area contributed by atoms with Crippen LogP contribution in [0, 0.1) is 11.3 Å². The van der Waals surface area contributed by atoms with Crippen molar-refractivity contribution >= 4 is 22.9 Å². The Hall–Kier alpha value is -2.42. The molecule has 0 saturated carbocycles. The van der Waals surface area contributed by atoms with Crippen molar-refractivity contribution in [2.75, 3.05) is 25.6 Å². The first kappa shape index (κ1) is 24.6. The number of nitrogens with one attached hydrogen (secondary N) is 1. The first-order valence-corrected chi connectivity index (χ1v) is 10.3. The van der Waals surface area contributed by atoms with Crippen LogP contribution in [-0.2, 0) is 4.74 Å². The molecule has 0 atom stereocenters. The Labute approximate surface area is 179 Å². The summed E-state index contributed by atoms with van der Waals surface area (Å²) in [7, 11) is 1.68. The minimum Gasteiger partial charge on any atom is -0.385 e. The number of methoxy groups -OCH3 is 1. The van der Waals surface area contributed by atoms with Gasteiger partial charge in [-0.1, -0.05) is 45.4 Å². The molecule has 1 aliphatic heterocycles. The van der Waals surface area contributed by atoms with Crippen LogP contribution in [0.3, 0.4) is 0 Å². The van der Waals surface area contributed by atoms with Crippen LogP contribution in [0.5, 0.6) is 0 Å². The molecular weight excluding hydrogens is 384 g/mol. The van der Waals surface area contributed by atoms with Crippen molar-refractivity contribution in [3.63, 3.8) is 0 Å². The Morgan fingerprint density at radius 2 is 1.90 bits per heavy atom. The van der Waals surface area contributed by atoms with Crippen molar-refractivity contribution in [3.8, 4) is 17.3 Å². The highest BCUT2D eigenvalue weighted by atomic mass is 35.5. The fraction of sp³-hybridized carbons (Fsp3) is 0.435. The summed E-state index contributed by atoms with van der Waals surface area (Å²) in [5, 5.41) is 13.1. The molecule has 0 radical (unpaired) electrons. The number of rotatable bonds is 3. The Balaban J connectivity index is 0.000000627. The Bertz CT molecular complexity index is 883. The molecule has 0 amide bonds. The van der Waals surface area contributed by atoms with Crippen molar-refractivity contribution < 1.29 is 4.74 Å². The third kappa shape index (κ3) is 6.28. The van der Waals surface area contributed by atoms with Crippen molar-refractivity contribution in [2.24, 2.45) is 0 Å².